The largest absolute Gasteiger partial charge is 0.393 e. The lowest BCUT2D eigenvalue weighted by Gasteiger charge is -2.60. The molecule has 0 saturated heterocycles. The molecule has 0 amide bonds. The third kappa shape index (κ3) is 3.72. The van der Waals surface area contributed by atoms with Gasteiger partial charge in [-0.3, -0.25) is 0 Å². The molecule has 3 saturated carbocycles. The Morgan fingerprint density at radius 1 is 1.03 bits per heavy atom. The first-order valence-electron chi connectivity index (χ1n) is 13.1. The highest BCUT2D eigenvalue weighted by Gasteiger charge is 2.61. The van der Waals surface area contributed by atoms with Crippen molar-refractivity contribution in [3.63, 3.8) is 0 Å². The molecular weight excluding hydrogens is 368 g/mol. The Morgan fingerprint density at radius 2 is 1.80 bits per heavy atom. The molecule has 2 heteroatoms. The topological polar surface area (TPSA) is 29.5 Å². The summed E-state index contributed by atoms with van der Waals surface area (Å²) < 4.78 is 6.17. The molecule has 0 spiro atoms. The summed E-state index contributed by atoms with van der Waals surface area (Å²) in [7, 11) is 1.92. The van der Waals surface area contributed by atoms with Gasteiger partial charge < -0.3 is 9.84 Å². The van der Waals surface area contributed by atoms with E-state index in [9.17, 15) is 5.11 Å². The molecule has 0 aromatic carbocycles. The number of aliphatic hydroxyl groups excluding tert-OH is 1. The van der Waals surface area contributed by atoms with Gasteiger partial charge in [0.15, 0.2) is 0 Å². The molecule has 30 heavy (non-hydrogen) atoms. The summed E-state index contributed by atoms with van der Waals surface area (Å²) in [5, 5.41) is 10.3. The fourth-order valence-corrected chi connectivity index (χ4v) is 8.85. The van der Waals surface area contributed by atoms with Crippen LogP contribution in [0.3, 0.4) is 0 Å². The molecule has 9 atom stereocenters. The lowest BCUT2D eigenvalue weighted by molar-refractivity contribution is -0.106. The average molecular weight is 417 g/mol. The molecule has 0 aromatic heterocycles. The van der Waals surface area contributed by atoms with Crippen molar-refractivity contribution >= 4 is 0 Å². The third-order valence-corrected chi connectivity index (χ3v) is 10.6. The second-order valence-corrected chi connectivity index (χ2v) is 12.5. The van der Waals surface area contributed by atoms with Crippen LogP contribution in [0.4, 0.5) is 0 Å². The summed E-state index contributed by atoms with van der Waals surface area (Å²) >= 11 is 0. The number of hydrogen-bond acceptors (Lipinski definition) is 2. The molecule has 1 N–H and O–H groups in total. The Morgan fingerprint density at radius 3 is 2.50 bits per heavy atom. The van der Waals surface area contributed by atoms with Crippen molar-refractivity contribution < 1.29 is 9.84 Å². The van der Waals surface area contributed by atoms with Crippen molar-refractivity contribution in [1.29, 1.82) is 0 Å². The van der Waals surface area contributed by atoms with Crippen LogP contribution in [0.2, 0.25) is 0 Å². The number of methoxy groups -OCH3 is 1. The summed E-state index contributed by atoms with van der Waals surface area (Å²) in [6, 6.07) is 0. The predicted molar refractivity (Wildman–Crippen MR) is 125 cm³/mol. The lowest BCUT2D eigenvalue weighted by atomic mass is 9.46. The molecule has 2 nitrogen and oxygen atoms in total. The molecule has 0 bridgehead atoms. The molecule has 0 aromatic rings. The van der Waals surface area contributed by atoms with E-state index in [0.717, 1.165) is 48.9 Å². The molecule has 4 rings (SSSR count). The second-order valence-electron chi connectivity index (χ2n) is 12.5. The zero-order valence-electron chi connectivity index (χ0n) is 20.6. The first-order chi connectivity index (χ1) is 14.2. The molecule has 3 fully saturated rings. The molecule has 4 aliphatic carbocycles. The van der Waals surface area contributed by atoms with E-state index in [1.54, 1.807) is 0 Å². The Balaban J connectivity index is 1.56. The average Bonchev–Trinajstić information content (AvgIpc) is 3.05. The van der Waals surface area contributed by atoms with Crippen molar-refractivity contribution in [3.05, 3.63) is 11.6 Å². The maximum absolute atomic E-state index is 10.3. The summed E-state index contributed by atoms with van der Waals surface area (Å²) in [6.07, 6.45) is 15.4. The second kappa shape index (κ2) is 8.54. The van der Waals surface area contributed by atoms with Gasteiger partial charge in [0, 0.05) is 7.11 Å². The normalized spacial score (nSPS) is 46.7. The van der Waals surface area contributed by atoms with Gasteiger partial charge in [-0.1, -0.05) is 65.5 Å². The Kier molecular flexibility index (Phi) is 6.50. The maximum atomic E-state index is 10.3. The number of fused-ring (bicyclic) bond motifs is 5. The minimum Gasteiger partial charge on any atom is -0.393 e. The molecule has 0 aliphatic heterocycles. The highest BCUT2D eigenvalue weighted by atomic mass is 16.5. The Bertz CT molecular complexity index is 639. The minimum absolute atomic E-state index is 0.144. The molecular formula is C28H48O2. The third-order valence-electron chi connectivity index (χ3n) is 10.6. The number of aliphatic hydroxyl groups is 1. The summed E-state index contributed by atoms with van der Waals surface area (Å²) in [6.45, 7) is 12.5. The van der Waals surface area contributed by atoms with Gasteiger partial charge in [0.05, 0.1) is 12.2 Å². The van der Waals surface area contributed by atoms with Crippen LogP contribution in [-0.2, 0) is 4.74 Å². The molecule has 0 radical (unpaired) electrons. The van der Waals surface area contributed by atoms with E-state index in [4.69, 9.17) is 4.74 Å². The van der Waals surface area contributed by atoms with Gasteiger partial charge in [0.1, 0.15) is 0 Å². The van der Waals surface area contributed by atoms with Gasteiger partial charge >= 0.3 is 0 Å². The first-order valence-corrected chi connectivity index (χ1v) is 13.1. The van der Waals surface area contributed by atoms with Gasteiger partial charge in [-0.05, 0) is 91.3 Å². The smallest absolute Gasteiger partial charge is 0.0788 e. The van der Waals surface area contributed by atoms with E-state index in [-0.39, 0.29) is 12.2 Å². The van der Waals surface area contributed by atoms with Crippen molar-refractivity contribution in [2.24, 2.45) is 46.3 Å². The summed E-state index contributed by atoms with van der Waals surface area (Å²) in [5.74, 6) is 4.79. The van der Waals surface area contributed by atoms with Gasteiger partial charge in [0.25, 0.3) is 0 Å². The van der Waals surface area contributed by atoms with Crippen molar-refractivity contribution in [1.82, 2.24) is 0 Å². The van der Waals surface area contributed by atoms with Crippen LogP contribution >= 0.6 is 0 Å². The lowest BCUT2D eigenvalue weighted by Crippen LogP contribution is -2.55. The van der Waals surface area contributed by atoms with Gasteiger partial charge in [-0.2, -0.15) is 0 Å². The molecule has 0 unspecified atom stereocenters. The van der Waals surface area contributed by atoms with E-state index >= 15 is 0 Å². The first kappa shape index (κ1) is 22.8. The van der Waals surface area contributed by atoms with Crippen LogP contribution in [0.5, 0.6) is 0 Å². The van der Waals surface area contributed by atoms with Gasteiger partial charge in [-0.25, -0.2) is 0 Å². The highest BCUT2D eigenvalue weighted by molar-refractivity contribution is 5.28. The predicted octanol–water partition coefficient (Wildman–Crippen LogP) is 7.01. The number of ether oxygens (including phenoxy) is 1. The van der Waals surface area contributed by atoms with Crippen LogP contribution in [0.25, 0.3) is 0 Å². The fourth-order valence-electron chi connectivity index (χ4n) is 8.85. The van der Waals surface area contributed by atoms with Crippen molar-refractivity contribution in [3.8, 4) is 0 Å². The van der Waals surface area contributed by atoms with Crippen LogP contribution in [-0.4, -0.2) is 24.4 Å². The summed E-state index contributed by atoms with van der Waals surface area (Å²) in [4.78, 5) is 0. The Labute approximate surface area is 186 Å². The summed E-state index contributed by atoms with van der Waals surface area (Å²) in [5.41, 5.74) is 2.29. The maximum Gasteiger partial charge on any atom is 0.0788 e. The van der Waals surface area contributed by atoms with Crippen molar-refractivity contribution in [2.45, 2.75) is 111 Å². The zero-order chi connectivity index (χ0) is 21.7. The van der Waals surface area contributed by atoms with E-state index in [0.29, 0.717) is 16.7 Å². The highest BCUT2D eigenvalue weighted by Crippen LogP contribution is 2.67. The molecule has 4 aliphatic rings. The zero-order valence-corrected chi connectivity index (χ0v) is 20.6. The van der Waals surface area contributed by atoms with Gasteiger partial charge in [0.2, 0.25) is 0 Å². The van der Waals surface area contributed by atoms with Gasteiger partial charge in [-0.15, -0.1) is 0 Å². The SMILES string of the molecule is CO[C@@H]1C=C2C[C@@H](O)CC[C@]2(C)[C@H]2CC[C@]3(C)[C@@H]([C@@H](C)CCCC(C)C)CC[C@H]3[C@H]12. The monoisotopic (exact) mass is 416 g/mol. The van der Waals surface area contributed by atoms with E-state index in [1.807, 2.05) is 7.11 Å². The quantitative estimate of drug-likeness (QED) is 0.472. The van der Waals surface area contributed by atoms with Crippen molar-refractivity contribution in [2.75, 3.05) is 7.11 Å². The number of hydrogen-bond donors (Lipinski definition) is 1. The van der Waals surface area contributed by atoms with E-state index < -0.39 is 0 Å². The van der Waals surface area contributed by atoms with Crippen LogP contribution < -0.4 is 0 Å². The van der Waals surface area contributed by atoms with Crippen LogP contribution in [0.15, 0.2) is 11.6 Å². The van der Waals surface area contributed by atoms with E-state index in [1.165, 1.54) is 50.5 Å². The minimum atomic E-state index is -0.144. The fraction of sp³-hybridized carbons (Fsp3) is 0.929. The molecule has 172 valence electrons. The standard InChI is InChI=1S/C28H48O2/c1-18(2)8-7-9-19(3)22-10-11-23-26-24(13-15-28(22,23)5)27(4)14-12-21(29)16-20(27)17-25(26)30-6/h17-19,21-26,29H,7-16H2,1-6H3/t19-,21-,22+,23-,24-,25+,26-,27-,28+/m0/s1. The van der Waals surface area contributed by atoms with Crippen LogP contribution in [0.1, 0.15) is 98.8 Å². The van der Waals surface area contributed by atoms with E-state index in [2.05, 4.69) is 40.7 Å². The Hall–Kier alpha value is -0.340. The number of rotatable bonds is 6. The van der Waals surface area contributed by atoms with Crippen LogP contribution in [0, 0.1) is 46.3 Å². The molecule has 0 heterocycles.